The van der Waals surface area contributed by atoms with Gasteiger partial charge in [-0.05, 0) is 43.0 Å². The average molecular weight is 277 g/mol. The summed E-state index contributed by atoms with van der Waals surface area (Å²) in [6.07, 6.45) is 5.57. The Labute approximate surface area is 120 Å². The molecule has 1 saturated carbocycles. The van der Waals surface area contributed by atoms with Gasteiger partial charge < -0.3 is 14.8 Å². The lowest BCUT2D eigenvalue weighted by atomic mass is 10.0. The van der Waals surface area contributed by atoms with Crippen LogP contribution in [0.2, 0.25) is 0 Å². The molecule has 1 aromatic carbocycles. The molecule has 0 saturated heterocycles. The molecule has 0 radical (unpaired) electrons. The van der Waals surface area contributed by atoms with E-state index in [1.54, 1.807) is 7.11 Å². The van der Waals surface area contributed by atoms with Crippen LogP contribution in [0, 0.1) is 5.92 Å². The predicted molar refractivity (Wildman–Crippen MR) is 79.0 cm³/mol. The molecule has 0 unspecified atom stereocenters. The van der Waals surface area contributed by atoms with Gasteiger partial charge in [0.25, 0.3) is 0 Å². The zero-order valence-electron chi connectivity index (χ0n) is 12.1. The maximum atomic E-state index is 11.9. The Morgan fingerprint density at radius 2 is 1.90 bits per heavy atom. The second kappa shape index (κ2) is 7.90. The van der Waals surface area contributed by atoms with Gasteiger partial charge in [-0.1, -0.05) is 12.8 Å². The lowest BCUT2D eigenvalue weighted by Gasteiger charge is -2.10. The monoisotopic (exact) mass is 277 g/mol. The molecular formula is C16H23NO3. The summed E-state index contributed by atoms with van der Waals surface area (Å²) in [5.41, 5.74) is 0.826. The van der Waals surface area contributed by atoms with Gasteiger partial charge in [0.1, 0.15) is 12.4 Å². The minimum Gasteiger partial charge on any atom is -0.491 e. The van der Waals surface area contributed by atoms with E-state index in [-0.39, 0.29) is 5.91 Å². The standard InChI is InChI=1S/C16H23NO3/c1-19-10-11-20-15-8-6-14(7-9-15)17-16(18)12-13-4-2-3-5-13/h6-9,13H,2-5,10-12H2,1H3,(H,17,18). The maximum absolute atomic E-state index is 11.9. The van der Waals surface area contributed by atoms with E-state index in [2.05, 4.69) is 5.32 Å². The fourth-order valence-electron chi connectivity index (χ4n) is 2.57. The van der Waals surface area contributed by atoms with Gasteiger partial charge in [-0.2, -0.15) is 0 Å². The van der Waals surface area contributed by atoms with Crippen molar-refractivity contribution in [1.82, 2.24) is 0 Å². The van der Waals surface area contributed by atoms with Crippen molar-refractivity contribution in [3.63, 3.8) is 0 Å². The fourth-order valence-corrected chi connectivity index (χ4v) is 2.57. The van der Waals surface area contributed by atoms with Gasteiger partial charge in [0.2, 0.25) is 5.91 Å². The number of anilines is 1. The van der Waals surface area contributed by atoms with Gasteiger partial charge in [-0.3, -0.25) is 4.79 Å². The third-order valence-corrected chi connectivity index (χ3v) is 3.64. The summed E-state index contributed by atoms with van der Waals surface area (Å²) in [7, 11) is 1.65. The lowest BCUT2D eigenvalue weighted by molar-refractivity contribution is -0.117. The highest BCUT2D eigenvalue weighted by atomic mass is 16.5. The van der Waals surface area contributed by atoms with E-state index in [1.165, 1.54) is 25.7 Å². The van der Waals surface area contributed by atoms with Crippen molar-refractivity contribution in [2.24, 2.45) is 5.92 Å². The molecule has 1 amide bonds. The molecule has 1 fully saturated rings. The topological polar surface area (TPSA) is 47.6 Å². The van der Waals surface area contributed by atoms with Crippen LogP contribution in [0.3, 0.4) is 0 Å². The van der Waals surface area contributed by atoms with E-state index in [1.807, 2.05) is 24.3 Å². The van der Waals surface area contributed by atoms with Crippen LogP contribution in [0.15, 0.2) is 24.3 Å². The van der Waals surface area contributed by atoms with Crippen LogP contribution >= 0.6 is 0 Å². The fraction of sp³-hybridized carbons (Fsp3) is 0.562. The first-order valence-electron chi connectivity index (χ1n) is 7.29. The molecule has 4 heteroatoms. The van der Waals surface area contributed by atoms with Gasteiger partial charge in [0.15, 0.2) is 0 Å². The first-order chi connectivity index (χ1) is 9.78. The minimum absolute atomic E-state index is 0.116. The summed E-state index contributed by atoms with van der Waals surface area (Å²) < 4.78 is 10.4. The highest BCUT2D eigenvalue weighted by Gasteiger charge is 2.18. The Morgan fingerprint density at radius 1 is 1.20 bits per heavy atom. The first-order valence-corrected chi connectivity index (χ1v) is 7.29. The zero-order valence-corrected chi connectivity index (χ0v) is 12.1. The van der Waals surface area contributed by atoms with Gasteiger partial charge in [-0.25, -0.2) is 0 Å². The number of nitrogens with one attached hydrogen (secondary N) is 1. The quantitative estimate of drug-likeness (QED) is 0.778. The number of hydrogen-bond acceptors (Lipinski definition) is 3. The number of carbonyl (C=O) groups is 1. The number of rotatable bonds is 7. The van der Waals surface area contributed by atoms with Gasteiger partial charge >= 0.3 is 0 Å². The SMILES string of the molecule is COCCOc1ccc(NC(=O)CC2CCCC2)cc1. The molecule has 110 valence electrons. The summed E-state index contributed by atoms with van der Waals surface area (Å²) in [4.78, 5) is 11.9. The summed E-state index contributed by atoms with van der Waals surface area (Å²) in [6, 6.07) is 7.46. The summed E-state index contributed by atoms with van der Waals surface area (Å²) in [5, 5.41) is 2.94. The number of carbonyl (C=O) groups excluding carboxylic acids is 1. The van der Waals surface area contributed by atoms with Crippen LogP contribution in [-0.4, -0.2) is 26.2 Å². The van der Waals surface area contributed by atoms with E-state index >= 15 is 0 Å². The Morgan fingerprint density at radius 3 is 2.55 bits per heavy atom. The minimum atomic E-state index is 0.116. The van der Waals surface area contributed by atoms with Crippen molar-refractivity contribution in [1.29, 1.82) is 0 Å². The highest BCUT2D eigenvalue weighted by Crippen LogP contribution is 2.27. The molecule has 2 rings (SSSR count). The number of benzene rings is 1. The smallest absolute Gasteiger partial charge is 0.224 e. The molecule has 1 aliphatic rings. The van der Waals surface area contributed by atoms with Crippen molar-refractivity contribution in [3.8, 4) is 5.75 Å². The Hall–Kier alpha value is -1.55. The van der Waals surface area contributed by atoms with Crippen molar-refractivity contribution in [2.45, 2.75) is 32.1 Å². The van der Waals surface area contributed by atoms with Gasteiger partial charge in [0, 0.05) is 19.2 Å². The Kier molecular flexibility index (Phi) is 5.87. The molecule has 1 aromatic rings. The van der Waals surface area contributed by atoms with E-state index in [0.717, 1.165) is 11.4 Å². The lowest BCUT2D eigenvalue weighted by Crippen LogP contribution is -2.15. The van der Waals surface area contributed by atoms with E-state index in [0.29, 0.717) is 25.6 Å². The van der Waals surface area contributed by atoms with Crippen LogP contribution in [0.4, 0.5) is 5.69 Å². The molecule has 0 bridgehead atoms. The van der Waals surface area contributed by atoms with Crippen molar-refractivity contribution >= 4 is 11.6 Å². The molecule has 4 nitrogen and oxygen atoms in total. The van der Waals surface area contributed by atoms with Crippen LogP contribution < -0.4 is 10.1 Å². The molecule has 0 aromatic heterocycles. The third-order valence-electron chi connectivity index (χ3n) is 3.64. The van der Waals surface area contributed by atoms with Crippen molar-refractivity contribution in [2.75, 3.05) is 25.6 Å². The van der Waals surface area contributed by atoms with Crippen LogP contribution in [0.5, 0.6) is 5.75 Å². The van der Waals surface area contributed by atoms with E-state index in [9.17, 15) is 4.79 Å². The summed E-state index contributed by atoms with van der Waals surface area (Å²) >= 11 is 0. The number of amides is 1. The normalized spacial score (nSPS) is 15.2. The zero-order chi connectivity index (χ0) is 14.2. The molecule has 20 heavy (non-hydrogen) atoms. The molecule has 0 aliphatic heterocycles. The van der Waals surface area contributed by atoms with Gasteiger partial charge in [0.05, 0.1) is 6.61 Å². The summed E-state index contributed by atoms with van der Waals surface area (Å²) in [6.45, 7) is 1.10. The van der Waals surface area contributed by atoms with Crippen LogP contribution in [0.25, 0.3) is 0 Å². The van der Waals surface area contributed by atoms with E-state index in [4.69, 9.17) is 9.47 Å². The molecular weight excluding hydrogens is 254 g/mol. The Bertz CT molecular complexity index is 410. The Balaban J connectivity index is 1.76. The molecule has 0 heterocycles. The number of ether oxygens (including phenoxy) is 2. The summed E-state index contributed by atoms with van der Waals surface area (Å²) in [5.74, 6) is 1.48. The molecule has 0 atom stereocenters. The molecule has 0 spiro atoms. The second-order valence-corrected chi connectivity index (χ2v) is 5.27. The first kappa shape index (κ1) is 14.9. The molecule has 1 aliphatic carbocycles. The largest absolute Gasteiger partial charge is 0.491 e. The highest BCUT2D eigenvalue weighted by molar-refractivity contribution is 5.90. The van der Waals surface area contributed by atoms with Crippen LogP contribution in [-0.2, 0) is 9.53 Å². The third kappa shape index (κ3) is 4.85. The number of methoxy groups -OCH3 is 1. The maximum Gasteiger partial charge on any atom is 0.224 e. The predicted octanol–water partition coefficient (Wildman–Crippen LogP) is 3.23. The van der Waals surface area contributed by atoms with Gasteiger partial charge in [-0.15, -0.1) is 0 Å². The number of hydrogen-bond donors (Lipinski definition) is 1. The van der Waals surface area contributed by atoms with E-state index < -0.39 is 0 Å². The molecule has 1 N–H and O–H groups in total. The average Bonchev–Trinajstić information content (AvgIpc) is 2.94. The van der Waals surface area contributed by atoms with Crippen molar-refractivity contribution < 1.29 is 14.3 Å². The van der Waals surface area contributed by atoms with Crippen molar-refractivity contribution in [3.05, 3.63) is 24.3 Å². The second-order valence-electron chi connectivity index (χ2n) is 5.27. The van der Waals surface area contributed by atoms with Crippen LogP contribution in [0.1, 0.15) is 32.1 Å².